The number of fused-ring (bicyclic) bond motifs is 1. The summed E-state index contributed by atoms with van der Waals surface area (Å²) in [6.07, 6.45) is -0.430. The maximum atomic E-state index is 12.9. The molecule has 138 valence electrons. The quantitative estimate of drug-likeness (QED) is 0.865. The third kappa shape index (κ3) is 3.45. The highest BCUT2D eigenvalue weighted by Crippen LogP contribution is 2.28. The second kappa shape index (κ2) is 7.25. The van der Waals surface area contributed by atoms with E-state index in [0.717, 1.165) is 0 Å². The fourth-order valence-electron chi connectivity index (χ4n) is 2.86. The van der Waals surface area contributed by atoms with Gasteiger partial charge in [0, 0.05) is 6.54 Å². The maximum Gasteiger partial charge on any atom is 0.296 e. The van der Waals surface area contributed by atoms with Crippen molar-refractivity contribution < 1.29 is 19.0 Å². The number of carbonyl (C=O) groups is 1. The maximum absolute atomic E-state index is 12.9. The topological polar surface area (TPSA) is 93.5 Å². The molecule has 1 amide bonds. The number of benzene rings is 1. The van der Waals surface area contributed by atoms with E-state index in [1.165, 1.54) is 28.8 Å². The third-order valence-electron chi connectivity index (χ3n) is 4.23. The van der Waals surface area contributed by atoms with Crippen molar-refractivity contribution in [3.63, 3.8) is 0 Å². The minimum atomic E-state index is -0.685. The first-order valence-electron chi connectivity index (χ1n) is 8.36. The summed E-state index contributed by atoms with van der Waals surface area (Å²) >= 11 is 0. The van der Waals surface area contributed by atoms with Gasteiger partial charge in [-0.3, -0.25) is 14.2 Å². The first-order chi connectivity index (χ1) is 12.4. The first kappa shape index (κ1) is 18.1. The van der Waals surface area contributed by atoms with Gasteiger partial charge >= 0.3 is 0 Å². The Morgan fingerprint density at radius 2 is 2.12 bits per heavy atom. The molecule has 1 aromatic heterocycles. The monoisotopic (exact) mass is 361 g/mol. The lowest BCUT2D eigenvalue weighted by molar-refractivity contribution is -0.0147. The number of amides is 1. The number of aromatic hydroxyl groups is 1. The molecule has 0 aliphatic carbocycles. The minimum Gasteiger partial charge on any atom is -0.501 e. The summed E-state index contributed by atoms with van der Waals surface area (Å²) in [5.74, 6) is -1.36. The van der Waals surface area contributed by atoms with Gasteiger partial charge < -0.3 is 15.2 Å². The number of rotatable bonds is 4. The molecule has 1 atom stereocenters. The van der Waals surface area contributed by atoms with Crippen LogP contribution in [-0.4, -0.2) is 27.2 Å². The summed E-state index contributed by atoms with van der Waals surface area (Å²) in [6, 6.07) is 5.64. The summed E-state index contributed by atoms with van der Waals surface area (Å²) in [5.41, 5.74) is -0.312. The molecular formula is C18H20FN3O4. The van der Waals surface area contributed by atoms with Gasteiger partial charge in [0.1, 0.15) is 17.7 Å². The Balaban J connectivity index is 1.88. The van der Waals surface area contributed by atoms with Crippen molar-refractivity contribution in [3.8, 4) is 5.75 Å². The van der Waals surface area contributed by atoms with Crippen LogP contribution in [0.25, 0.3) is 0 Å². The molecule has 0 radical (unpaired) electrons. The average molecular weight is 361 g/mol. The van der Waals surface area contributed by atoms with Crippen LogP contribution in [0.1, 0.15) is 41.8 Å². The van der Waals surface area contributed by atoms with Crippen molar-refractivity contribution in [2.45, 2.75) is 33.0 Å². The van der Waals surface area contributed by atoms with Gasteiger partial charge in [-0.25, -0.2) is 9.37 Å². The fourth-order valence-corrected chi connectivity index (χ4v) is 2.86. The second-order valence-electron chi connectivity index (χ2n) is 6.47. The normalized spacial score (nSPS) is 16.4. The minimum absolute atomic E-state index is 0.0492. The molecule has 8 heteroatoms. The van der Waals surface area contributed by atoms with Crippen molar-refractivity contribution in [2.24, 2.45) is 5.92 Å². The van der Waals surface area contributed by atoms with Gasteiger partial charge in [-0.05, 0) is 23.6 Å². The fraction of sp³-hybridized carbons (Fsp3) is 0.389. The molecule has 1 unspecified atom stereocenters. The van der Waals surface area contributed by atoms with Gasteiger partial charge in [0.2, 0.25) is 5.75 Å². The van der Waals surface area contributed by atoms with Gasteiger partial charge in [-0.2, -0.15) is 0 Å². The Kier molecular flexibility index (Phi) is 5.03. The molecular weight excluding hydrogens is 341 g/mol. The summed E-state index contributed by atoms with van der Waals surface area (Å²) < 4.78 is 19.9. The smallest absolute Gasteiger partial charge is 0.296 e. The van der Waals surface area contributed by atoms with Crippen LogP contribution in [0, 0.1) is 11.7 Å². The van der Waals surface area contributed by atoms with Crippen LogP contribution in [0.5, 0.6) is 5.75 Å². The van der Waals surface area contributed by atoms with Crippen LogP contribution < -0.4 is 10.9 Å². The Bertz CT molecular complexity index is 877. The number of ether oxygens (including phenoxy) is 1. The lowest BCUT2D eigenvalue weighted by Gasteiger charge is -2.29. The zero-order valence-corrected chi connectivity index (χ0v) is 14.5. The van der Waals surface area contributed by atoms with E-state index in [2.05, 4.69) is 10.3 Å². The van der Waals surface area contributed by atoms with E-state index >= 15 is 0 Å². The third-order valence-corrected chi connectivity index (χ3v) is 4.23. The molecule has 26 heavy (non-hydrogen) atoms. The standard InChI is InChI=1S/C18H20FN3O4/c1-10(2)15-16-21-13(14(23)18(25)22(16)7-8-26-15)17(24)20-9-11-3-5-12(19)6-4-11/h3-6,10,15,23H,7-9H2,1-2H3,(H,20,24). The van der Waals surface area contributed by atoms with Gasteiger partial charge in [-0.1, -0.05) is 26.0 Å². The molecule has 2 heterocycles. The molecule has 3 rings (SSSR count). The van der Waals surface area contributed by atoms with Gasteiger partial charge in [-0.15, -0.1) is 0 Å². The van der Waals surface area contributed by atoms with E-state index in [-0.39, 0.29) is 30.5 Å². The molecule has 0 saturated heterocycles. The highest BCUT2D eigenvalue weighted by Gasteiger charge is 2.30. The van der Waals surface area contributed by atoms with Gasteiger partial charge in [0.15, 0.2) is 5.69 Å². The summed E-state index contributed by atoms with van der Waals surface area (Å²) in [4.78, 5) is 29.1. The molecule has 1 aliphatic heterocycles. The number of hydrogen-bond donors (Lipinski definition) is 2. The average Bonchev–Trinajstić information content (AvgIpc) is 2.63. The van der Waals surface area contributed by atoms with E-state index in [1.807, 2.05) is 13.8 Å². The number of nitrogens with one attached hydrogen (secondary N) is 1. The van der Waals surface area contributed by atoms with Crippen LogP contribution >= 0.6 is 0 Å². The number of aromatic nitrogens is 2. The lowest BCUT2D eigenvalue weighted by atomic mass is 10.1. The van der Waals surface area contributed by atoms with Crippen LogP contribution in [-0.2, 0) is 17.8 Å². The summed E-state index contributed by atoms with van der Waals surface area (Å²) in [7, 11) is 0. The number of carbonyl (C=O) groups excluding carboxylic acids is 1. The van der Waals surface area contributed by atoms with Crippen LogP contribution in [0.3, 0.4) is 0 Å². The van der Waals surface area contributed by atoms with Crippen molar-refractivity contribution in [2.75, 3.05) is 6.61 Å². The second-order valence-corrected chi connectivity index (χ2v) is 6.47. The predicted octanol–water partition coefficient (Wildman–Crippen LogP) is 1.75. The zero-order valence-electron chi connectivity index (χ0n) is 14.5. The van der Waals surface area contributed by atoms with E-state index in [4.69, 9.17) is 4.74 Å². The first-order valence-corrected chi connectivity index (χ1v) is 8.36. The zero-order chi connectivity index (χ0) is 18.8. The van der Waals surface area contributed by atoms with Gasteiger partial charge in [0.05, 0.1) is 13.2 Å². The van der Waals surface area contributed by atoms with Crippen LogP contribution in [0.15, 0.2) is 29.1 Å². The van der Waals surface area contributed by atoms with E-state index in [0.29, 0.717) is 18.0 Å². The molecule has 1 aromatic carbocycles. The largest absolute Gasteiger partial charge is 0.501 e. The Labute approximate surface area is 149 Å². The molecule has 0 spiro atoms. The Hall–Kier alpha value is -2.74. The number of halogens is 1. The highest BCUT2D eigenvalue weighted by molar-refractivity contribution is 5.94. The van der Waals surface area contributed by atoms with E-state index in [9.17, 15) is 19.1 Å². The molecule has 2 aromatic rings. The van der Waals surface area contributed by atoms with Crippen molar-refractivity contribution in [1.29, 1.82) is 0 Å². The SMILES string of the molecule is CC(C)C1OCCn2c1nc(C(=O)NCc1ccc(F)cc1)c(O)c2=O. The molecule has 7 nitrogen and oxygen atoms in total. The number of nitrogens with zero attached hydrogens (tertiary/aromatic N) is 2. The van der Waals surface area contributed by atoms with E-state index < -0.39 is 23.3 Å². The van der Waals surface area contributed by atoms with Crippen LogP contribution in [0.2, 0.25) is 0 Å². The van der Waals surface area contributed by atoms with Crippen molar-refractivity contribution >= 4 is 5.91 Å². The molecule has 0 bridgehead atoms. The van der Waals surface area contributed by atoms with Gasteiger partial charge in [0.25, 0.3) is 11.5 Å². The van der Waals surface area contributed by atoms with Crippen molar-refractivity contribution in [1.82, 2.24) is 14.9 Å². The predicted molar refractivity (Wildman–Crippen MR) is 91.3 cm³/mol. The molecule has 1 aliphatic rings. The van der Waals surface area contributed by atoms with E-state index in [1.54, 1.807) is 0 Å². The number of hydrogen-bond acceptors (Lipinski definition) is 5. The molecule has 0 fully saturated rings. The Morgan fingerprint density at radius 3 is 2.77 bits per heavy atom. The summed E-state index contributed by atoms with van der Waals surface area (Å²) in [6.45, 7) is 4.58. The lowest BCUT2D eigenvalue weighted by Crippen LogP contribution is -2.37. The summed E-state index contributed by atoms with van der Waals surface area (Å²) in [5, 5.41) is 12.7. The van der Waals surface area contributed by atoms with Crippen LogP contribution in [0.4, 0.5) is 4.39 Å². The Morgan fingerprint density at radius 1 is 1.42 bits per heavy atom. The highest BCUT2D eigenvalue weighted by atomic mass is 19.1. The molecule has 2 N–H and O–H groups in total. The van der Waals surface area contributed by atoms with Crippen molar-refractivity contribution in [3.05, 3.63) is 57.5 Å². The molecule has 0 saturated carbocycles.